The van der Waals surface area contributed by atoms with E-state index in [4.69, 9.17) is 16.3 Å². The third-order valence-electron chi connectivity index (χ3n) is 3.00. The highest BCUT2D eigenvalue weighted by atomic mass is 35.5. The van der Waals surface area contributed by atoms with E-state index in [2.05, 4.69) is 4.98 Å². The summed E-state index contributed by atoms with van der Waals surface area (Å²) in [6, 6.07) is 0. The lowest BCUT2D eigenvalue weighted by atomic mass is 9.98. The first kappa shape index (κ1) is 12.9. The van der Waals surface area contributed by atoms with Crippen molar-refractivity contribution >= 4 is 28.9 Å². The summed E-state index contributed by atoms with van der Waals surface area (Å²) in [6.07, 6.45) is 2.36. The number of aryl methyl sites for hydroxylation is 2. The fourth-order valence-electron chi connectivity index (χ4n) is 2.04. The third kappa shape index (κ3) is 2.08. The predicted molar refractivity (Wildman–Crippen MR) is 68.6 cm³/mol. The van der Waals surface area contributed by atoms with E-state index in [1.54, 1.807) is 6.92 Å². The normalized spacial score (nSPS) is 14.4. The van der Waals surface area contributed by atoms with Gasteiger partial charge in [0.15, 0.2) is 5.75 Å². The molecule has 0 amide bonds. The van der Waals surface area contributed by atoms with Crippen LogP contribution >= 0.6 is 11.6 Å². The first-order valence-electron chi connectivity index (χ1n) is 5.84. The first-order valence-corrected chi connectivity index (χ1v) is 6.22. The molecule has 0 radical (unpaired) electrons. The fourth-order valence-corrected chi connectivity index (χ4v) is 2.38. The average molecular weight is 268 g/mol. The molecule has 2 rings (SSSR count). The van der Waals surface area contributed by atoms with Crippen LogP contribution in [0.1, 0.15) is 36.7 Å². The number of rotatable bonds is 3. The summed E-state index contributed by atoms with van der Waals surface area (Å²) in [5.41, 5.74) is 2.88. The molecule has 0 bridgehead atoms. The third-order valence-corrected chi connectivity index (χ3v) is 3.43. The number of carbonyl (C=O) groups excluding carboxylic acids is 2. The van der Waals surface area contributed by atoms with Crippen molar-refractivity contribution in [2.75, 3.05) is 0 Å². The Morgan fingerprint density at radius 2 is 2.22 bits per heavy atom. The Hall–Kier alpha value is -1.55. The zero-order chi connectivity index (χ0) is 13.3. The van der Waals surface area contributed by atoms with Gasteiger partial charge in [0, 0.05) is 17.7 Å². The highest BCUT2D eigenvalue weighted by Gasteiger charge is 2.26. The number of esters is 1. The highest BCUT2D eigenvalue weighted by Crippen LogP contribution is 2.41. The molecule has 1 aromatic rings. The molecule has 0 unspecified atom stereocenters. The highest BCUT2D eigenvalue weighted by molar-refractivity contribution is 6.51. The van der Waals surface area contributed by atoms with Gasteiger partial charge in [0.25, 0.3) is 0 Å². The van der Waals surface area contributed by atoms with E-state index in [1.807, 2.05) is 6.92 Å². The lowest BCUT2D eigenvalue weighted by Crippen LogP contribution is -2.08. The lowest BCUT2D eigenvalue weighted by Gasteiger charge is -2.14. The molecular weight excluding hydrogens is 254 g/mol. The number of hydrogen-bond donors (Lipinski definition) is 1. The van der Waals surface area contributed by atoms with Gasteiger partial charge in [-0.05, 0) is 19.8 Å². The number of H-pyrrole nitrogens is 1. The van der Waals surface area contributed by atoms with Crippen LogP contribution < -0.4 is 4.74 Å². The topological polar surface area (TPSA) is 59.2 Å². The first-order chi connectivity index (χ1) is 8.58. The smallest absolute Gasteiger partial charge is 0.310 e. The summed E-state index contributed by atoms with van der Waals surface area (Å²) in [4.78, 5) is 25.5. The minimum absolute atomic E-state index is 0.293. The molecule has 18 heavy (non-hydrogen) atoms. The van der Waals surface area contributed by atoms with Crippen molar-refractivity contribution in [3.8, 4) is 5.75 Å². The van der Waals surface area contributed by atoms with Crippen molar-refractivity contribution in [3.63, 3.8) is 0 Å². The van der Waals surface area contributed by atoms with Crippen molar-refractivity contribution in [1.82, 2.24) is 4.98 Å². The standard InChI is InChI=1S/C13H14ClNO3/c1-3-10(17)18-13-7(2)15-9-5-4-8(6-16)12(14)11(9)13/h6,15H,3-5H2,1-2H3. The van der Waals surface area contributed by atoms with Crippen molar-refractivity contribution in [3.05, 3.63) is 22.5 Å². The summed E-state index contributed by atoms with van der Waals surface area (Å²) in [6.45, 7) is 3.55. The van der Waals surface area contributed by atoms with E-state index in [-0.39, 0.29) is 5.97 Å². The molecule has 0 saturated heterocycles. The molecule has 0 atom stereocenters. The number of aldehydes is 1. The second kappa shape index (κ2) is 4.98. The maximum Gasteiger partial charge on any atom is 0.310 e. The quantitative estimate of drug-likeness (QED) is 0.677. The van der Waals surface area contributed by atoms with Crippen LogP contribution in [0.2, 0.25) is 0 Å². The van der Waals surface area contributed by atoms with E-state index in [1.165, 1.54) is 0 Å². The Labute approximate surface area is 110 Å². The van der Waals surface area contributed by atoms with Crippen molar-refractivity contribution in [2.24, 2.45) is 0 Å². The lowest BCUT2D eigenvalue weighted by molar-refractivity contribution is -0.134. The van der Waals surface area contributed by atoms with Crippen LogP contribution in [0.4, 0.5) is 0 Å². The average Bonchev–Trinajstić information content (AvgIpc) is 2.67. The van der Waals surface area contributed by atoms with Crippen LogP contribution in [0.25, 0.3) is 5.03 Å². The largest absolute Gasteiger partial charge is 0.424 e. The minimum Gasteiger partial charge on any atom is -0.424 e. The molecule has 4 nitrogen and oxygen atoms in total. The maximum atomic E-state index is 11.4. The summed E-state index contributed by atoms with van der Waals surface area (Å²) >= 11 is 6.20. The fraction of sp³-hybridized carbons (Fsp3) is 0.385. The molecule has 1 aliphatic carbocycles. The van der Waals surface area contributed by atoms with E-state index in [0.717, 1.165) is 17.7 Å². The van der Waals surface area contributed by atoms with Gasteiger partial charge in [-0.15, -0.1) is 0 Å². The summed E-state index contributed by atoms with van der Waals surface area (Å²) in [5, 5.41) is 0.384. The summed E-state index contributed by atoms with van der Waals surface area (Å²) < 4.78 is 5.29. The number of ether oxygens (including phenoxy) is 1. The van der Waals surface area contributed by atoms with Gasteiger partial charge in [0.2, 0.25) is 0 Å². The predicted octanol–water partition coefficient (Wildman–Crippen LogP) is 2.73. The zero-order valence-corrected chi connectivity index (χ0v) is 11.1. The van der Waals surface area contributed by atoms with Gasteiger partial charge in [-0.3, -0.25) is 9.59 Å². The van der Waals surface area contributed by atoms with Crippen LogP contribution in [-0.4, -0.2) is 17.2 Å². The van der Waals surface area contributed by atoms with Crippen LogP contribution in [0.5, 0.6) is 5.75 Å². The zero-order valence-electron chi connectivity index (χ0n) is 10.3. The Morgan fingerprint density at radius 1 is 1.50 bits per heavy atom. The number of fused-ring (bicyclic) bond motifs is 1. The molecule has 1 N–H and O–H groups in total. The Kier molecular flexibility index (Phi) is 3.57. The van der Waals surface area contributed by atoms with Crippen molar-refractivity contribution in [2.45, 2.75) is 33.1 Å². The minimum atomic E-state index is -0.317. The summed E-state index contributed by atoms with van der Waals surface area (Å²) in [7, 11) is 0. The van der Waals surface area contributed by atoms with Gasteiger partial charge in [-0.2, -0.15) is 0 Å². The number of nitrogens with one attached hydrogen (secondary N) is 1. The molecule has 96 valence electrons. The molecule has 0 fully saturated rings. The SMILES string of the molecule is CCC(=O)Oc1c(C)[nH]c2c1C(Cl)=C(C=O)CC2. The molecule has 0 aliphatic heterocycles. The van der Waals surface area contributed by atoms with Gasteiger partial charge < -0.3 is 9.72 Å². The van der Waals surface area contributed by atoms with E-state index < -0.39 is 0 Å². The molecule has 0 aromatic carbocycles. The van der Waals surface area contributed by atoms with Gasteiger partial charge in [0.05, 0.1) is 16.3 Å². The van der Waals surface area contributed by atoms with E-state index in [9.17, 15) is 9.59 Å². The monoisotopic (exact) mass is 267 g/mol. The number of carbonyl (C=O) groups is 2. The van der Waals surface area contributed by atoms with E-state index >= 15 is 0 Å². The number of hydrogen-bond acceptors (Lipinski definition) is 3. The molecule has 1 aromatic heterocycles. The van der Waals surface area contributed by atoms with Crippen LogP contribution in [-0.2, 0) is 16.0 Å². The molecule has 0 saturated carbocycles. The van der Waals surface area contributed by atoms with Crippen molar-refractivity contribution < 1.29 is 14.3 Å². The number of allylic oxidation sites excluding steroid dienone is 1. The van der Waals surface area contributed by atoms with Crippen LogP contribution in [0, 0.1) is 6.92 Å². The Balaban J connectivity index is 2.51. The second-order valence-electron chi connectivity index (χ2n) is 4.22. The maximum absolute atomic E-state index is 11.4. The molecule has 1 heterocycles. The van der Waals surface area contributed by atoms with Gasteiger partial charge in [-0.1, -0.05) is 18.5 Å². The summed E-state index contributed by atoms with van der Waals surface area (Å²) in [5.74, 6) is 0.128. The Morgan fingerprint density at radius 3 is 2.83 bits per heavy atom. The van der Waals surface area contributed by atoms with Crippen molar-refractivity contribution in [1.29, 1.82) is 0 Å². The molecular formula is C13H14ClNO3. The van der Waals surface area contributed by atoms with Gasteiger partial charge >= 0.3 is 5.97 Å². The number of aromatic amines is 1. The van der Waals surface area contributed by atoms with E-state index in [0.29, 0.717) is 41.2 Å². The number of halogens is 1. The Bertz CT molecular complexity index is 543. The molecule has 0 spiro atoms. The molecule has 5 heteroatoms. The van der Waals surface area contributed by atoms with Gasteiger partial charge in [-0.25, -0.2) is 0 Å². The number of aromatic nitrogens is 1. The van der Waals surface area contributed by atoms with Gasteiger partial charge in [0.1, 0.15) is 6.29 Å². The second-order valence-corrected chi connectivity index (χ2v) is 4.60. The van der Waals surface area contributed by atoms with Crippen LogP contribution in [0.15, 0.2) is 5.57 Å². The molecule has 1 aliphatic rings. The van der Waals surface area contributed by atoms with Crippen LogP contribution in [0.3, 0.4) is 0 Å².